The summed E-state index contributed by atoms with van der Waals surface area (Å²) in [7, 11) is 0. The lowest BCUT2D eigenvalue weighted by molar-refractivity contribution is 0.563. The molecule has 0 bridgehead atoms. The van der Waals surface area contributed by atoms with Gasteiger partial charge in [-0.3, -0.25) is 0 Å². The molecule has 0 saturated carbocycles. The fourth-order valence-electron chi connectivity index (χ4n) is 0.0645. The van der Waals surface area contributed by atoms with Gasteiger partial charge < -0.3 is 0 Å². The standard InChI is InChI=1S/C3H5NO.H2/c1-2-4-3-5;/h2H2,1H3;1H/i;1+1. The van der Waals surface area contributed by atoms with Crippen molar-refractivity contribution in [3.63, 3.8) is 0 Å². The number of hydrogen-bond donors (Lipinski definition) is 0. The number of isocyanates is 1. The van der Waals surface area contributed by atoms with Crippen LogP contribution in [0.15, 0.2) is 4.99 Å². The molecule has 0 N–H and O–H groups in total. The Kier molecular flexibility index (Phi) is 2.96. The highest BCUT2D eigenvalue weighted by molar-refractivity contribution is 5.32. The van der Waals surface area contributed by atoms with E-state index in [9.17, 15) is 0 Å². The van der Waals surface area contributed by atoms with Crippen LogP contribution in [0, 0.1) is 0 Å². The van der Waals surface area contributed by atoms with Gasteiger partial charge >= 0.3 is 0 Å². The maximum atomic E-state index is 9.11. The second-order valence-corrected chi connectivity index (χ2v) is 0.566. The summed E-state index contributed by atoms with van der Waals surface area (Å²) in [6.07, 6.45) is 1.39. The molecule has 0 fully saturated rings. The monoisotopic (exact) mass is 74.1 g/mol. The molecule has 0 aromatic carbocycles. The third-order valence-corrected chi connectivity index (χ3v) is 0.223. The summed E-state index contributed by atoms with van der Waals surface area (Å²) in [5.74, 6) is 0. The Balaban J connectivity index is 0. The zero-order valence-electron chi connectivity index (χ0n) is 3.06. The number of nitrogens with zero attached hydrogens (tertiary/aromatic N) is 1. The second kappa shape index (κ2) is 3.38. The predicted octanol–water partition coefficient (Wildman–Crippen LogP) is 0.588. The van der Waals surface area contributed by atoms with Crippen LogP contribution < -0.4 is 0 Å². The normalized spacial score (nSPS) is 5.80. The zero-order valence-corrected chi connectivity index (χ0v) is 3.06. The summed E-state index contributed by atoms with van der Waals surface area (Å²) >= 11 is 0. The van der Waals surface area contributed by atoms with Gasteiger partial charge in [0, 0.05) is 7.97 Å². The number of carbonyl (C=O) groups excluding carboxylic acids is 1. The van der Waals surface area contributed by atoms with Gasteiger partial charge in [0.25, 0.3) is 0 Å². The van der Waals surface area contributed by atoms with E-state index in [0.29, 0.717) is 6.54 Å². The van der Waals surface area contributed by atoms with Gasteiger partial charge in [-0.15, -0.1) is 0 Å². The largest absolute Gasteiger partial charge is 0.234 e. The van der Waals surface area contributed by atoms with E-state index in [1.54, 1.807) is 6.92 Å². The molecule has 0 atom stereocenters. The average Bonchev–Trinajstić information content (AvgIpc) is 1.41. The van der Waals surface area contributed by atoms with Gasteiger partial charge in [-0.25, -0.2) is 9.79 Å². The molecular weight excluding hydrogens is 66.0 g/mol. The molecule has 0 heterocycles. The van der Waals surface area contributed by atoms with Crippen molar-refractivity contribution in [1.82, 2.24) is 0 Å². The van der Waals surface area contributed by atoms with Crippen molar-refractivity contribution in [2.45, 2.75) is 6.92 Å². The Bertz CT molecular complexity index is 57.8. The Morgan fingerprint density at radius 1 is 2.20 bits per heavy atom. The smallest absolute Gasteiger partial charge is 0.211 e. The highest BCUT2D eigenvalue weighted by Gasteiger charge is 1.52. The molecular formula is C3H7NO. The van der Waals surface area contributed by atoms with Crippen LogP contribution in [0.5, 0.6) is 0 Å². The van der Waals surface area contributed by atoms with E-state index in [-0.39, 0.29) is 1.43 Å². The predicted molar refractivity (Wildman–Crippen MR) is 20.8 cm³/mol. The van der Waals surface area contributed by atoms with E-state index in [1.165, 1.54) is 6.08 Å². The minimum atomic E-state index is 0. The molecule has 0 amide bonds. The maximum Gasteiger partial charge on any atom is 0.234 e. The SMILES string of the molecule is CCN=C=O.[2HH]. The molecule has 0 aliphatic carbocycles. The summed E-state index contributed by atoms with van der Waals surface area (Å²) in [6, 6.07) is 0. The van der Waals surface area contributed by atoms with E-state index in [0.717, 1.165) is 0 Å². The van der Waals surface area contributed by atoms with E-state index >= 15 is 0 Å². The first-order valence-corrected chi connectivity index (χ1v) is 1.45. The summed E-state index contributed by atoms with van der Waals surface area (Å²) in [5.41, 5.74) is 0. The van der Waals surface area contributed by atoms with Gasteiger partial charge in [0.15, 0.2) is 0 Å². The van der Waals surface area contributed by atoms with Gasteiger partial charge in [0.2, 0.25) is 6.08 Å². The van der Waals surface area contributed by atoms with Crippen molar-refractivity contribution >= 4 is 6.08 Å². The van der Waals surface area contributed by atoms with Crippen molar-refractivity contribution in [2.75, 3.05) is 6.54 Å². The summed E-state index contributed by atoms with van der Waals surface area (Å²) in [5, 5.41) is 0. The van der Waals surface area contributed by atoms with Crippen LogP contribution in [0.4, 0.5) is 0 Å². The lowest BCUT2D eigenvalue weighted by Crippen LogP contribution is -1.58. The average molecular weight is 74.1 g/mol. The molecule has 0 aromatic heterocycles. The second-order valence-electron chi connectivity index (χ2n) is 0.566. The van der Waals surface area contributed by atoms with Crippen molar-refractivity contribution in [3.8, 4) is 0 Å². The Morgan fingerprint density at radius 3 is 2.80 bits per heavy atom. The van der Waals surface area contributed by atoms with E-state index < -0.39 is 0 Å². The fourth-order valence-corrected chi connectivity index (χ4v) is 0.0645. The zero-order chi connectivity index (χ0) is 4.12. The lowest BCUT2D eigenvalue weighted by Gasteiger charge is -1.58. The third-order valence-electron chi connectivity index (χ3n) is 0.223. The van der Waals surface area contributed by atoms with Crippen LogP contribution in [0.1, 0.15) is 8.35 Å². The van der Waals surface area contributed by atoms with Crippen molar-refractivity contribution in [2.24, 2.45) is 4.99 Å². The van der Waals surface area contributed by atoms with Gasteiger partial charge in [-0.2, -0.15) is 0 Å². The van der Waals surface area contributed by atoms with Crippen LogP contribution in [-0.2, 0) is 4.79 Å². The summed E-state index contributed by atoms with van der Waals surface area (Å²) in [6.45, 7) is 2.33. The quantitative estimate of drug-likeness (QED) is 0.330. The van der Waals surface area contributed by atoms with Gasteiger partial charge in [0.1, 0.15) is 0 Å². The van der Waals surface area contributed by atoms with Crippen LogP contribution in [0.2, 0.25) is 0 Å². The molecule has 5 heavy (non-hydrogen) atoms. The Hall–Kier alpha value is -0.620. The molecule has 0 spiro atoms. The van der Waals surface area contributed by atoms with Crippen LogP contribution in [0.3, 0.4) is 0 Å². The third kappa shape index (κ3) is 3.38. The number of aliphatic imine (C=N–C) groups is 1. The van der Waals surface area contributed by atoms with Crippen LogP contribution in [0.25, 0.3) is 0 Å². The van der Waals surface area contributed by atoms with Crippen LogP contribution >= 0.6 is 0 Å². The minimum absolute atomic E-state index is 0. The van der Waals surface area contributed by atoms with Gasteiger partial charge in [-0.1, -0.05) is 0 Å². The Labute approximate surface area is 32.0 Å². The van der Waals surface area contributed by atoms with E-state index in [2.05, 4.69) is 4.99 Å². The number of rotatable bonds is 1. The molecule has 30 valence electrons. The van der Waals surface area contributed by atoms with Crippen molar-refractivity contribution < 1.29 is 6.22 Å². The summed E-state index contributed by atoms with van der Waals surface area (Å²) in [4.78, 5) is 12.3. The van der Waals surface area contributed by atoms with E-state index in [1.807, 2.05) is 0 Å². The molecule has 2 nitrogen and oxygen atoms in total. The topological polar surface area (TPSA) is 29.4 Å². The van der Waals surface area contributed by atoms with Gasteiger partial charge in [-0.05, 0) is 6.92 Å². The first-order valence-electron chi connectivity index (χ1n) is 1.45. The molecule has 2 heteroatoms. The van der Waals surface area contributed by atoms with Crippen LogP contribution in [-0.4, -0.2) is 12.6 Å². The molecule has 0 unspecified atom stereocenters. The molecule has 0 aromatic rings. The van der Waals surface area contributed by atoms with Gasteiger partial charge in [0.05, 0.1) is 0 Å². The first kappa shape index (κ1) is 4.38. The molecule has 0 aliphatic rings. The highest BCUT2D eigenvalue weighted by atomic mass is 16.1. The molecule has 0 radical (unpaired) electrons. The molecule has 0 aliphatic heterocycles. The van der Waals surface area contributed by atoms with E-state index in [4.69, 9.17) is 4.79 Å². The number of hydrogen-bond acceptors (Lipinski definition) is 2. The molecule has 0 saturated heterocycles. The first-order chi connectivity index (χ1) is 2.41. The maximum absolute atomic E-state index is 9.11. The summed E-state index contributed by atoms with van der Waals surface area (Å²) < 4.78 is 0. The highest BCUT2D eigenvalue weighted by Crippen LogP contribution is 1.52. The fraction of sp³-hybridized carbons (Fsp3) is 0.667. The molecule has 0 rings (SSSR count). The Morgan fingerprint density at radius 2 is 2.80 bits per heavy atom. The minimum Gasteiger partial charge on any atom is -0.211 e. The lowest BCUT2D eigenvalue weighted by atomic mass is 10.8. The van der Waals surface area contributed by atoms with Crippen molar-refractivity contribution in [1.29, 1.82) is 0 Å². The van der Waals surface area contributed by atoms with Crippen molar-refractivity contribution in [3.05, 3.63) is 0 Å².